The van der Waals surface area contributed by atoms with Crippen LogP contribution in [0.2, 0.25) is 18.1 Å². The third-order valence-electron chi connectivity index (χ3n) is 6.74. The van der Waals surface area contributed by atoms with Crippen molar-refractivity contribution in [3.63, 3.8) is 0 Å². The van der Waals surface area contributed by atoms with Gasteiger partial charge in [0.25, 0.3) is 0 Å². The van der Waals surface area contributed by atoms with Crippen molar-refractivity contribution in [2.75, 3.05) is 6.54 Å². The number of carbonyl (C=O) groups is 1. The zero-order valence-electron chi connectivity index (χ0n) is 19.9. The monoisotopic (exact) mass is 529 g/mol. The van der Waals surface area contributed by atoms with E-state index in [4.69, 9.17) is 14.1 Å². The van der Waals surface area contributed by atoms with Crippen LogP contribution in [0.25, 0.3) is 5.65 Å². The molecule has 3 heterocycles. The molecule has 0 spiro atoms. The molecule has 0 aliphatic carbocycles. The maximum Gasteiger partial charge on any atom is 0.410 e. The molecule has 0 bridgehead atoms. The lowest BCUT2D eigenvalue weighted by Crippen LogP contribution is -2.44. The number of imidazole rings is 1. The molecule has 2 atom stereocenters. The number of hydrogen-bond acceptors (Lipinski definition) is 4. The summed E-state index contributed by atoms with van der Waals surface area (Å²) >= 11 is 3.52. The highest BCUT2D eigenvalue weighted by Crippen LogP contribution is 2.41. The van der Waals surface area contributed by atoms with Gasteiger partial charge in [-0.1, -0.05) is 51.1 Å². The van der Waals surface area contributed by atoms with Crippen LogP contribution in [-0.4, -0.2) is 41.3 Å². The van der Waals surface area contributed by atoms with Gasteiger partial charge in [0.15, 0.2) is 8.32 Å². The number of benzene rings is 1. The van der Waals surface area contributed by atoms with Gasteiger partial charge in [-0.25, -0.2) is 9.78 Å². The second-order valence-electron chi connectivity index (χ2n) is 10.2. The summed E-state index contributed by atoms with van der Waals surface area (Å²) in [5, 5.41) is 0.0963. The van der Waals surface area contributed by atoms with Gasteiger partial charge in [-0.2, -0.15) is 0 Å². The normalized spacial score (nSPS) is 19.3. The van der Waals surface area contributed by atoms with Crippen LogP contribution in [0.1, 0.15) is 44.5 Å². The third-order valence-corrected chi connectivity index (χ3v) is 11.7. The molecule has 1 aliphatic heterocycles. The van der Waals surface area contributed by atoms with E-state index in [2.05, 4.69) is 49.8 Å². The first-order chi connectivity index (χ1) is 15.5. The van der Waals surface area contributed by atoms with Crippen molar-refractivity contribution < 1.29 is 14.0 Å². The van der Waals surface area contributed by atoms with Crippen LogP contribution < -0.4 is 0 Å². The fourth-order valence-corrected chi connectivity index (χ4v) is 5.62. The van der Waals surface area contributed by atoms with Crippen molar-refractivity contribution in [1.82, 2.24) is 14.3 Å². The zero-order chi connectivity index (χ0) is 23.8. The molecule has 1 saturated heterocycles. The van der Waals surface area contributed by atoms with E-state index in [-0.39, 0.29) is 29.9 Å². The van der Waals surface area contributed by atoms with Crippen molar-refractivity contribution in [3.05, 3.63) is 70.6 Å². The number of aromatic nitrogens is 2. The second-order valence-corrected chi connectivity index (χ2v) is 15.9. The standard InChI is InChI=1S/C25H32BrN3O3Si/c1-25(2,3)33(4,5)32-20-13-22(21-16-28-14-19(26)11-12-23(28)27-21)29(15-20)24(30)31-17-18-9-7-6-8-10-18/h6-12,14,16,20,22H,13,15,17H2,1-5H3/t20-,22+/m0/s1. The minimum absolute atomic E-state index is 0.0447. The van der Waals surface area contributed by atoms with Crippen molar-refractivity contribution >= 4 is 36.0 Å². The lowest BCUT2D eigenvalue weighted by Gasteiger charge is -2.38. The topological polar surface area (TPSA) is 56.1 Å². The Morgan fingerprint density at radius 2 is 1.88 bits per heavy atom. The average molecular weight is 531 g/mol. The van der Waals surface area contributed by atoms with Crippen LogP contribution in [0.15, 0.2) is 59.3 Å². The number of hydrogen-bond donors (Lipinski definition) is 0. The first-order valence-electron chi connectivity index (χ1n) is 11.3. The van der Waals surface area contributed by atoms with Crippen LogP contribution in [-0.2, 0) is 15.8 Å². The summed E-state index contributed by atoms with van der Waals surface area (Å²) in [5.41, 5.74) is 2.67. The Labute approximate surface area is 205 Å². The molecule has 0 saturated carbocycles. The van der Waals surface area contributed by atoms with Crippen LogP contribution >= 0.6 is 15.9 Å². The highest BCUT2D eigenvalue weighted by molar-refractivity contribution is 9.10. The van der Waals surface area contributed by atoms with Gasteiger partial charge in [-0.05, 0) is 51.8 Å². The van der Waals surface area contributed by atoms with Gasteiger partial charge in [0.1, 0.15) is 12.3 Å². The van der Waals surface area contributed by atoms with E-state index in [1.54, 1.807) is 4.90 Å². The van der Waals surface area contributed by atoms with Crippen LogP contribution in [0.5, 0.6) is 0 Å². The third kappa shape index (κ3) is 5.33. The summed E-state index contributed by atoms with van der Waals surface area (Å²) < 4.78 is 15.4. The number of rotatable bonds is 5. The maximum atomic E-state index is 13.2. The molecule has 176 valence electrons. The van der Waals surface area contributed by atoms with Crippen LogP contribution in [0.3, 0.4) is 0 Å². The molecule has 1 amide bonds. The van der Waals surface area contributed by atoms with Gasteiger partial charge in [0, 0.05) is 29.8 Å². The second kappa shape index (κ2) is 9.23. The van der Waals surface area contributed by atoms with Gasteiger partial charge in [0.2, 0.25) is 0 Å². The van der Waals surface area contributed by atoms with Gasteiger partial charge in [0.05, 0.1) is 17.8 Å². The fraction of sp³-hybridized carbons (Fsp3) is 0.440. The lowest BCUT2D eigenvalue weighted by molar-refractivity contribution is 0.0878. The first kappa shape index (κ1) is 24.0. The predicted octanol–water partition coefficient (Wildman–Crippen LogP) is 6.57. The van der Waals surface area contributed by atoms with E-state index < -0.39 is 8.32 Å². The van der Waals surface area contributed by atoms with Crippen molar-refractivity contribution in [2.24, 2.45) is 0 Å². The van der Waals surface area contributed by atoms with Crippen molar-refractivity contribution in [3.8, 4) is 0 Å². The molecule has 2 aromatic heterocycles. The smallest absolute Gasteiger partial charge is 0.410 e. The maximum absolute atomic E-state index is 13.2. The summed E-state index contributed by atoms with van der Waals surface area (Å²) in [6, 6.07) is 13.5. The van der Waals surface area contributed by atoms with E-state index in [0.717, 1.165) is 21.4 Å². The van der Waals surface area contributed by atoms with Gasteiger partial charge < -0.3 is 13.6 Å². The predicted molar refractivity (Wildman–Crippen MR) is 136 cm³/mol. The highest BCUT2D eigenvalue weighted by atomic mass is 79.9. The van der Waals surface area contributed by atoms with Gasteiger partial charge >= 0.3 is 6.09 Å². The Morgan fingerprint density at radius 3 is 2.58 bits per heavy atom. The van der Waals surface area contributed by atoms with Crippen LogP contribution in [0, 0.1) is 0 Å². The van der Waals surface area contributed by atoms with E-state index in [1.807, 2.05) is 59.3 Å². The van der Waals surface area contributed by atoms with Crippen molar-refractivity contribution in [2.45, 2.75) is 64.1 Å². The molecule has 0 unspecified atom stereocenters. The molecule has 4 rings (SSSR count). The Morgan fingerprint density at radius 1 is 1.15 bits per heavy atom. The Balaban J connectivity index is 1.58. The summed E-state index contributed by atoms with van der Waals surface area (Å²) in [6.45, 7) is 11.9. The Bertz CT molecular complexity index is 1130. The lowest BCUT2D eigenvalue weighted by atomic mass is 10.1. The SMILES string of the molecule is CC(C)(C)[Si](C)(C)O[C@H]1C[C@H](c2cn3cc(Br)ccc3n2)N(C(=O)OCc2ccccc2)C1. The molecule has 33 heavy (non-hydrogen) atoms. The summed E-state index contributed by atoms with van der Waals surface area (Å²) in [6.07, 6.45) is 4.30. The number of carbonyl (C=O) groups excluding carboxylic acids is 1. The first-order valence-corrected chi connectivity index (χ1v) is 15.0. The number of nitrogens with zero attached hydrogens (tertiary/aromatic N) is 3. The van der Waals surface area contributed by atoms with E-state index in [1.165, 1.54) is 0 Å². The number of fused-ring (bicyclic) bond motifs is 1. The minimum Gasteiger partial charge on any atom is -0.445 e. The average Bonchev–Trinajstić information content (AvgIpc) is 3.35. The molecular formula is C25H32BrN3O3Si. The molecular weight excluding hydrogens is 498 g/mol. The number of halogens is 1. The largest absolute Gasteiger partial charge is 0.445 e. The molecule has 1 aromatic carbocycles. The molecule has 8 heteroatoms. The zero-order valence-corrected chi connectivity index (χ0v) is 22.5. The fourth-order valence-electron chi connectivity index (χ4n) is 3.91. The van der Waals surface area contributed by atoms with Crippen molar-refractivity contribution in [1.29, 1.82) is 0 Å². The minimum atomic E-state index is -1.99. The number of ether oxygens (including phenoxy) is 1. The molecule has 6 nitrogen and oxygen atoms in total. The number of amides is 1. The Kier molecular flexibility index (Phi) is 6.71. The summed E-state index contributed by atoms with van der Waals surface area (Å²) in [4.78, 5) is 19.8. The van der Waals surface area contributed by atoms with Gasteiger partial charge in [-0.3, -0.25) is 4.90 Å². The van der Waals surface area contributed by atoms with E-state index >= 15 is 0 Å². The number of likely N-dealkylation sites (tertiary alicyclic amines) is 1. The molecule has 0 radical (unpaired) electrons. The Hall–Kier alpha value is -2.16. The molecule has 3 aromatic rings. The molecule has 0 N–H and O–H groups in total. The molecule has 1 fully saturated rings. The van der Waals surface area contributed by atoms with E-state index in [9.17, 15) is 4.79 Å². The summed E-state index contributed by atoms with van der Waals surface area (Å²) in [7, 11) is -1.99. The number of pyridine rings is 1. The highest BCUT2D eigenvalue weighted by Gasteiger charge is 2.45. The quantitative estimate of drug-likeness (QED) is 0.350. The van der Waals surface area contributed by atoms with Gasteiger partial charge in [-0.15, -0.1) is 0 Å². The summed E-state index contributed by atoms with van der Waals surface area (Å²) in [5.74, 6) is 0. The molecule has 1 aliphatic rings. The van der Waals surface area contributed by atoms with E-state index in [0.29, 0.717) is 13.0 Å². The van der Waals surface area contributed by atoms with Crippen LogP contribution in [0.4, 0.5) is 4.79 Å².